The molecule has 2 fully saturated rings. The summed E-state index contributed by atoms with van der Waals surface area (Å²) < 4.78 is 5.64. The lowest BCUT2D eigenvalue weighted by atomic mass is 9.98. The summed E-state index contributed by atoms with van der Waals surface area (Å²) in [5, 5.41) is 8.60. The van der Waals surface area contributed by atoms with Gasteiger partial charge in [0.1, 0.15) is 0 Å². The molecule has 0 amide bonds. The van der Waals surface area contributed by atoms with E-state index in [1.807, 2.05) is 0 Å². The minimum atomic E-state index is 0.175. The molecule has 0 aromatic rings. The van der Waals surface area contributed by atoms with Crippen molar-refractivity contribution in [3.63, 3.8) is 0 Å². The SMILES string of the molecule is OCCOC12CCCCC1C2. The number of rotatable bonds is 3. The molecule has 1 N–H and O–H groups in total. The molecular formula is C9H16O2. The van der Waals surface area contributed by atoms with Gasteiger partial charge in [-0.3, -0.25) is 0 Å². The standard InChI is InChI=1S/C9H16O2/c10-5-6-11-9-4-2-1-3-8(9)7-9/h8,10H,1-7H2. The fourth-order valence-corrected chi connectivity index (χ4v) is 2.34. The normalized spacial score (nSPS) is 41.7. The van der Waals surface area contributed by atoms with Crippen LogP contribution >= 0.6 is 0 Å². The number of ether oxygens (including phenoxy) is 1. The highest BCUT2D eigenvalue weighted by molar-refractivity contribution is 5.07. The Morgan fingerprint density at radius 3 is 3.09 bits per heavy atom. The Hall–Kier alpha value is -0.0800. The van der Waals surface area contributed by atoms with E-state index in [1.165, 1.54) is 32.1 Å². The van der Waals surface area contributed by atoms with Crippen molar-refractivity contribution in [3.05, 3.63) is 0 Å². The third-order valence-electron chi connectivity index (χ3n) is 3.06. The van der Waals surface area contributed by atoms with Crippen LogP contribution in [0.3, 0.4) is 0 Å². The van der Waals surface area contributed by atoms with Gasteiger partial charge in [0, 0.05) is 0 Å². The number of fused-ring (bicyclic) bond motifs is 1. The zero-order valence-corrected chi connectivity index (χ0v) is 6.88. The quantitative estimate of drug-likeness (QED) is 0.668. The number of aliphatic hydroxyl groups is 1. The minimum absolute atomic E-state index is 0.175. The van der Waals surface area contributed by atoms with Gasteiger partial charge in [0.2, 0.25) is 0 Å². The zero-order chi connectivity index (χ0) is 7.73. The summed E-state index contributed by atoms with van der Waals surface area (Å²) in [6, 6.07) is 0. The van der Waals surface area contributed by atoms with Crippen molar-refractivity contribution in [2.24, 2.45) is 5.92 Å². The van der Waals surface area contributed by atoms with E-state index in [-0.39, 0.29) is 12.2 Å². The van der Waals surface area contributed by atoms with Gasteiger partial charge in [0.25, 0.3) is 0 Å². The van der Waals surface area contributed by atoms with Gasteiger partial charge < -0.3 is 9.84 Å². The van der Waals surface area contributed by atoms with Gasteiger partial charge in [0.05, 0.1) is 18.8 Å². The summed E-state index contributed by atoms with van der Waals surface area (Å²) in [6.07, 6.45) is 6.55. The van der Waals surface area contributed by atoms with Crippen molar-refractivity contribution in [2.45, 2.75) is 37.7 Å². The Bertz CT molecular complexity index is 146. The average Bonchev–Trinajstić information content (AvgIpc) is 2.75. The Labute approximate surface area is 67.6 Å². The maximum absolute atomic E-state index is 8.60. The summed E-state index contributed by atoms with van der Waals surface area (Å²) in [5.41, 5.74) is 0.237. The molecule has 0 bridgehead atoms. The van der Waals surface area contributed by atoms with Crippen LogP contribution in [0.5, 0.6) is 0 Å². The van der Waals surface area contributed by atoms with E-state index >= 15 is 0 Å². The molecule has 2 saturated carbocycles. The van der Waals surface area contributed by atoms with E-state index in [1.54, 1.807) is 0 Å². The molecule has 11 heavy (non-hydrogen) atoms. The number of hydrogen-bond acceptors (Lipinski definition) is 2. The lowest BCUT2D eigenvalue weighted by molar-refractivity contribution is -0.0136. The third-order valence-corrected chi connectivity index (χ3v) is 3.06. The van der Waals surface area contributed by atoms with Crippen molar-refractivity contribution in [2.75, 3.05) is 13.2 Å². The van der Waals surface area contributed by atoms with Crippen LogP contribution in [0, 0.1) is 5.92 Å². The predicted octanol–water partition coefficient (Wildman–Crippen LogP) is 1.33. The van der Waals surface area contributed by atoms with Gasteiger partial charge in [-0.15, -0.1) is 0 Å². The molecule has 2 nitrogen and oxygen atoms in total. The molecule has 0 aliphatic heterocycles. The topological polar surface area (TPSA) is 29.5 Å². The van der Waals surface area contributed by atoms with E-state index in [9.17, 15) is 0 Å². The van der Waals surface area contributed by atoms with Crippen molar-refractivity contribution < 1.29 is 9.84 Å². The monoisotopic (exact) mass is 156 g/mol. The van der Waals surface area contributed by atoms with Crippen molar-refractivity contribution in [1.82, 2.24) is 0 Å². The molecule has 0 heterocycles. The van der Waals surface area contributed by atoms with Crippen molar-refractivity contribution in [3.8, 4) is 0 Å². The lowest BCUT2D eigenvalue weighted by Crippen LogP contribution is -2.22. The molecule has 0 aromatic carbocycles. The van der Waals surface area contributed by atoms with Gasteiger partial charge in [-0.2, -0.15) is 0 Å². The molecule has 0 saturated heterocycles. The molecule has 2 unspecified atom stereocenters. The second-order valence-corrected chi connectivity index (χ2v) is 3.78. The van der Waals surface area contributed by atoms with Crippen LogP contribution in [0.25, 0.3) is 0 Å². The molecule has 0 radical (unpaired) electrons. The Kier molecular flexibility index (Phi) is 1.90. The van der Waals surface area contributed by atoms with E-state index in [0.717, 1.165) is 5.92 Å². The Balaban J connectivity index is 1.82. The summed E-state index contributed by atoms with van der Waals surface area (Å²) in [7, 11) is 0. The van der Waals surface area contributed by atoms with Crippen LogP contribution in [-0.4, -0.2) is 23.9 Å². The van der Waals surface area contributed by atoms with E-state index < -0.39 is 0 Å². The van der Waals surface area contributed by atoms with Crippen LogP contribution in [-0.2, 0) is 4.74 Å². The predicted molar refractivity (Wildman–Crippen MR) is 42.3 cm³/mol. The van der Waals surface area contributed by atoms with Crippen LogP contribution in [0.2, 0.25) is 0 Å². The van der Waals surface area contributed by atoms with Gasteiger partial charge in [-0.05, 0) is 25.2 Å². The molecule has 64 valence electrons. The highest BCUT2D eigenvalue weighted by atomic mass is 16.5. The van der Waals surface area contributed by atoms with Crippen LogP contribution < -0.4 is 0 Å². The molecule has 2 rings (SSSR count). The first kappa shape index (κ1) is 7.56. The van der Waals surface area contributed by atoms with Gasteiger partial charge in [-0.1, -0.05) is 12.8 Å². The molecular weight excluding hydrogens is 140 g/mol. The summed E-state index contributed by atoms with van der Waals surface area (Å²) in [4.78, 5) is 0. The van der Waals surface area contributed by atoms with Crippen LogP contribution in [0.1, 0.15) is 32.1 Å². The Morgan fingerprint density at radius 2 is 2.36 bits per heavy atom. The van der Waals surface area contributed by atoms with Crippen molar-refractivity contribution in [1.29, 1.82) is 0 Å². The molecule has 2 aliphatic carbocycles. The second kappa shape index (κ2) is 2.76. The summed E-state index contributed by atoms with van der Waals surface area (Å²) in [6.45, 7) is 0.713. The first-order valence-electron chi connectivity index (χ1n) is 4.62. The highest BCUT2D eigenvalue weighted by Crippen LogP contribution is 2.56. The molecule has 0 aromatic heterocycles. The maximum atomic E-state index is 8.60. The van der Waals surface area contributed by atoms with Crippen LogP contribution in [0.4, 0.5) is 0 Å². The third kappa shape index (κ3) is 1.30. The molecule has 2 atom stereocenters. The van der Waals surface area contributed by atoms with E-state index in [4.69, 9.17) is 9.84 Å². The summed E-state index contributed by atoms with van der Waals surface area (Å²) in [5.74, 6) is 0.836. The van der Waals surface area contributed by atoms with Gasteiger partial charge >= 0.3 is 0 Å². The van der Waals surface area contributed by atoms with E-state index in [2.05, 4.69) is 0 Å². The average molecular weight is 156 g/mol. The number of aliphatic hydroxyl groups excluding tert-OH is 1. The van der Waals surface area contributed by atoms with Crippen LogP contribution in [0.15, 0.2) is 0 Å². The molecule has 0 spiro atoms. The first-order chi connectivity index (χ1) is 5.37. The minimum Gasteiger partial charge on any atom is -0.394 e. The Morgan fingerprint density at radius 1 is 1.45 bits per heavy atom. The fourth-order valence-electron chi connectivity index (χ4n) is 2.34. The van der Waals surface area contributed by atoms with Gasteiger partial charge in [0.15, 0.2) is 0 Å². The highest BCUT2D eigenvalue weighted by Gasteiger charge is 2.55. The maximum Gasteiger partial charge on any atom is 0.0716 e. The zero-order valence-electron chi connectivity index (χ0n) is 6.88. The lowest BCUT2D eigenvalue weighted by Gasteiger charge is -2.21. The fraction of sp³-hybridized carbons (Fsp3) is 1.00. The first-order valence-corrected chi connectivity index (χ1v) is 4.62. The number of hydrogen-bond donors (Lipinski definition) is 1. The van der Waals surface area contributed by atoms with E-state index in [0.29, 0.717) is 6.61 Å². The second-order valence-electron chi connectivity index (χ2n) is 3.78. The van der Waals surface area contributed by atoms with Gasteiger partial charge in [-0.25, -0.2) is 0 Å². The summed E-state index contributed by atoms with van der Waals surface area (Å²) >= 11 is 0. The molecule has 2 aliphatic rings. The largest absolute Gasteiger partial charge is 0.394 e. The molecule has 2 heteroatoms. The smallest absolute Gasteiger partial charge is 0.0716 e. The van der Waals surface area contributed by atoms with Crippen molar-refractivity contribution >= 4 is 0 Å².